The number of ether oxygens (including phenoxy) is 2. The van der Waals surface area contributed by atoms with Crippen LogP contribution in [0.25, 0.3) is 0 Å². The van der Waals surface area contributed by atoms with Gasteiger partial charge in [0, 0.05) is 6.42 Å². The minimum absolute atomic E-state index is 0.228. The molecule has 1 aliphatic rings. The van der Waals surface area contributed by atoms with Crippen LogP contribution >= 0.6 is 0 Å². The molecule has 0 aromatic rings. The lowest BCUT2D eigenvalue weighted by Crippen LogP contribution is -2.61. The lowest BCUT2D eigenvalue weighted by Gasteiger charge is -2.41. The van der Waals surface area contributed by atoms with Crippen molar-refractivity contribution in [1.82, 2.24) is 5.32 Å². The minimum Gasteiger partial charge on any atom is -0.394 e. The lowest BCUT2D eigenvalue weighted by molar-refractivity contribution is -0.298. The van der Waals surface area contributed by atoms with Crippen molar-refractivity contribution in [3.63, 3.8) is 0 Å². The topological polar surface area (TPSA) is 192 Å². The molecule has 1 fully saturated rings. The number of aliphatic hydroxyl groups is 4. The number of carbonyl (C=O) groups excluding carboxylic acids is 1. The number of rotatable bonds is 38. The molecule has 1 aliphatic heterocycles. The maximum Gasteiger partial charge on any atom is 0.397 e. The largest absolute Gasteiger partial charge is 0.397 e. The van der Waals surface area contributed by atoms with Gasteiger partial charge in [0.1, 0.15) is 24.4 Å². The van der Waals surface area contributed by atoms with E-state index in [4.69, 9.17) is 14.0 Å². The number of aliphatic hydroxyl groups excluding tert-OH is 4. The molecule has 0 aromatic heterocycles. The fraction of sp³-hybridized carbons (Fsp3) is 0.976. The molecule has 0 spiro atoms. The van der Waals surface area contributed by atoms with E-state index in [0.717, 1.165) is 51.4 Å². The second kappa shape index (κ2) is 34.0. The third kappa shape index (κ3) is 27.4. The Morgan fingerprint density at radius 3 is 1.45 bits per heavy atom. The third-order valence-electron chi connectivity index (χ3n) is 10.9. The molecule has 0 bridgehead atoms. The first-order chi connectivity index (χ1) is 26.5. The highest BCUT2D eigenvalue weighted by molar-refractivity contribution is 7.80. The Morgan fingerprint density at radius 1 is 0.655 bits per heavy atom. The zero-order valence-corrected chi connectivity index (χ0v) is 35.6. The number of amides is 1. The number of hydrogen-bond acceptors (Lipinski definition) is 10. The number of carbonyl (C=O) groups is 1. The molecule has 1 rings (SSSR count). The monoisotopic (exact) mass is 810 g/mol. The summed E-state index contributed by atoms with van der Waals surface area (Å²) in [4.78, 5) is 13.0. The van der Waals surface area contributed by atoms with Crippen LogP contribution in [-0.4, -0.2) is 95.4 Å². The maximum absolute atomic E-state index is 13.0. The molecule has 13 heteroatoms. The summed E-state index contributed by atoms with van der Waals surface area (Å²) < 4.78 is 47.5. The van der Waals surface area contributed by atoms with Crippen molar-refractivity contribution in [2.75, 3.05) is 13.2 Å². The van der Waals surface area contributed by atoms with Crippen LogP contribution in [0, 0.1) is 0 Å². The van der Waals surface area contributed by atoms with Crippen LogP contribution in [0.3, 0.4) is 0 Å². The van der Waals surface area contributed by atoms with Crippen molar-refractivity contribution in [1.29, 1.82) is 0 Å². The van der Waals surface area contributed by atoms with E-state index < -0.39 is 59.9 Å². The molecule has 55 heavy (non-hydrogen) atoms. The average Bonchev–Trinajstić information content (AvgIpc) is 3.15. The first-order valence-corrected chi connectivity index (χ1v) is 23.8. The molecule has 1 saturated heterocycles. The fourth-order valence-corrected chi connectivity index (χ4v) is 7.91. The van der Waals surface area contributed by atoms with Gasteiger partial charge in [-0.2, -0.15) is 8.42 Å². The van der Waals surface area contributed by atoms with Crippen molar-refractivity contribution in [2.24, 2.45) is 0 Å². The van der Waals surface area contributed by atoms with Gasteiger partial charge in [0.25, 0.3) is 0 Å². The normalized spacial score (nSPS) is 21.5. The molecule has 12 nitrogen and oxygen atoms in total. The van der Waals surface area contributed by atoms with Crippen LogP contribution in [-0.2, 0) is 28.9 Å². The summed E-state index contributed by atoms with van der Waals surface area (Å²) in [5.74, 6) is -0.228. The summed E-state index contributed by atoms with van der Waals surface area (Å²) in [5, 5.41) is 44.7. The van der Waals surface area contributed by atoms with Gasteiger partial charge < -0.3 is 35.2 Å². The van der Waals surface area contributed by atoms with Gasteiger partial charge in [0.2, 0.25) is 5.91 Å². The molecule has 0 radical (unpaired) electrons. The summed E-state index contributed by atoms with van der Waals surface area (Å²) in [6, 6.07) is -0.849. The smallest absolute Gasteiger partial charge is 0.394 e. The standard InChI is InChI=1S/C42H83NO11S/c1-3-5-7-9-11-13-15-16-17-18-19-20-22-24-26-28-30-32-38(46)43-35(36(45)31-29-27-25-23-21-14-12-10-8-6-4-2)34-52-42-40(48)41(54-55(49,50)51)39(47)37(33-44)53-42/h35-37,39-42,44-45,47-48H,3-34H2,1-2H3,(H,43,46)(H,49,50,51). The van der Waals surface area contributed by atoms with Crippen molar-refractivity contribution in [2.45, 2.75) is 249 Å². The van der Waals surface area contributed by atoms with Crippen LogP contribution in [0.15, 0.2) is 0 Å². The Morgan fingerprint density at radius 2 is 1.05 bits per heavy atom. The number of nitrogens with one attached hydrogen (secondary N) is 1. The quantitative estimate of drug-likeness (QED) is 0.0260. The van der Waals surface area contributed by atoms with Gasteiger partial charge in [0.05, 0.1) is 25.4 Å². The van der Waals surface area contributed by atoms with Crippen LogP contribution in [0.1, 0.15) is 206 Å². The predicted molar refractivity (Wildman–Crippen MR) is 218 cm³/mol. The van der Waals surface area contributed by atoms with Crippen LogP contribution in [0.2, 0.25) is 0 Å². The van der Waals surface area contributed by atoms with Gasteiger partial charge in [-0.05, 0) is 12.8 Å². The Balaban J connectivity index is 2.48. The molecular weight excluding hydrogens is 727 g/mol. The van der Waals surface area contributed by atoms with Gasteiger partial charge in [-0.25, -0.2) is 4.18 Å². The predicted octanol–water partition coefficient (Wildman–Crippen LogP) is 8.22. The van der Waals surface area contributed by atoms with E-state index >= 15 is 0 Å². The summed E-state index contributed by atoms with van der Waals surface area (Å²) in [6.45, 7) is 3.44. The van der Waals surface area contributed by atoms with Gasteiger partial charge >= 0.3 is 10.4 Å². The fourth-order valence-electron chi connectivity index (χ4n) is 7.40. The lowest BCUT2D eigenvalue weighted by atomic mass is 9.99. The van der Waals surface area contributed by atoms with Crippen LogP contribution < -0.4 is 5.32 Å². The molecular formula is C42H83NO11S. The first kappa shape index (κ1) is 52.1. The number of unbranched alkanes of at least 4 members (excludes halogenated alkanes) is 26. The SMILES string of the molecule is CCCCCCCCCCCCCCCCCCCC(=O)NC(COC1OC(CO)C(O)C(OS(=O)(=O)O)C1O)C(O)CCCCCCCCCCCCC. The number of hydrogen-bond donors (Lipinski definition) is 6. The molecule has 0 aromatic carbocycles. The molecule has 7 unspecified atom stereocenters. The van der Waals surface area contributed by atoms with E-state index in [2.05, 4.69) is 23.3 Å². The molecule has 1 heterocycles. The third-order valence-corrected chi connectivity index (χ3v) is 11.4. The Labute approximate surface area is 335 Å². The zero-order valence-electron chi connectivity index (χ0n) is 34.8. The van der Waals surface area contributed by atoms with Crippen molar-refractivity contribution < 1.29 is 51.8 Å². The van der Waals surface area contributed by atoms with E-state index in [1.807, 2.05) is 0 Å². The Kier molecular flexibility index (Phi) is 32.2. The molecule has 328 valence electrons. The van der Waals surface area contributed by atoms with Crippen LogP contribution in [0.5, 0.6) is 0 Å². The summed E-state index contributed by atoms with van der Waals surface area (Å²) in [7, 11) is -5.07. The van der Waals surface area contributed by atoms with Crippen molar-refractivity contribution in [3.8, 4) is 0 Å². The second-order valence-electron chi connectivity index (χ2n) is 16.0. The maximum atomic E-state index is 13.0. The summed E-state index contributed by atoms with van der Waals surface area (Å²) in [5.41, 5.74) is 0. The molecule has 7 atom stereocenters. The van der Waals surface area contributed by atoms with E-state index in [1.165, 1.54) is 128 Å². The summed E-state index contributed by atoms with van der Waals surface area (Å²) in [6.07, 6.45) is 25.4. The van der Waals surface area contributed by atoms with Crippen molar-refractivity contribution >= 4 is 16.3 Å². The van der Waals surface area contributed by atoms with Crippen LogP contribution in [0.4, 0.5) is 0 Å². The van der Waals surface area contributed by atoms with Crippen molar-refractivity contribution in [3.05, 3.63) is 0 Å². The average molecular weight is 810 g/mol. The molecule has 1 amide bonds. The highest BCUT2D eigenvalue weighted by atomic mass is 32.3. The highest BCUT2D eigenvalue weighted by Crippen LogP contribution is 2.26. The van der Waals surface area contributed by atoms with E-state index in [-0.39, 0.29) is 12.5 Å². The summed E-state index contributed by atoms with van der Waals surface area (Å²) >= 11 is 0. The first-order valence-electron chi connectivity index (χ1n) is 22.4. The van der Waals surface area contributed by atoms with Gasteiger partial charge in [-0.3, -0.25) is 9.35 Å². The molecule has 0 saturated carbocycles. The Bertz CT molecular complexity index is 1000. The van der Waals surface area contributed by atoms with E-state index in [0.29, 0.717) is 12.8 Å². The molecule has 0 aliphatic carbocycles. The zero-order chi connectivity index (χ0) is 40.6. The van der Waals surface area contributed by atoms with E-state index in [1.54, 1.807) is 0 Å². The van der Waals surface area contributed by atoms with E-state index in [9.17, 15) is 33.6 Å². The van der Waals surface area contributed by atoms with Gasteiger partial charge in [0.15, 0.2) is 6.29 Å². The van der Waals surface area contributed by atoms with Gasteiger partial charge in [-0.1, -0.05) is 187 Å². The molecule has 6 N–H and O–H groups in total. The van der Waals surface area contributed by atoms with Gasteiger partial charge in [-0.15, -0.1) is 0 Å². The second-order valence-corrected chi connectivity index (χ2v) is 17.0. The highest BCUT2D eigenvalue weighted by Gasteiger charge is 2.48. The minimum atomic E-state index is -5.07. The Hall–Kier alpha value is -0.900.